The molecule has 8 aromatic carbocycles. The van der Waals surface area contributed by atoms with Crippen molar-refractivity contribution in [2.45, 2.75) is 0 Å². The number of fused-ring (bicyclic) bond motifs is 6. The zero-order valence-electron chi connectivity index (χ0n) is 39.4. The van der Waals surface area contributed by atoms with E-state index < -0.39 is 36.3 Å². The fourth-order valence-corrected chi connectivity index (χ4v) is 7.30. The lowest BCUT2D eigenvalue weighted by molar-refractivity contribution is 0.669. The molecule has 11 aromatic rings. The van der Waals surface area contributed by atoms with Gasteiger partial charge in [-0.2, -0.15) is 0 Å². The Kier molecular flexibility index (Phi) is 5.41. The van der Waals surface area contributed by atoms with Crippen molar-refractivity contribution >= 4 is 43.7 Å². The molecular formula is C51H32N4O. The number of rotatable bonds is 6. The molecule has 3 heterocycles. The Morgan fingerprint density at radius 2 is 1.11 bits per heavy atom. The van der Waals surface area contributed by atoms with Crippen LogP contribution in [0.15, 0.2) is 198 Å². The molecule has 0 spiro atoms. The highest BCUT2D eigenvalue weighted by molar-refractivity contribution is 6.13. The third-order valence-electron chi connectivity index (χ3n) is 9.88. The molecule has 56 heavy (non-hydrogen) atoms. The van der Waals surface area contributed by atoms with E-state index in [2.05, 4.69) is 0 Å². The molecule has 0 fully saturated rings. The van der Waals surface area contributed by atoms with Crippen LogP contribution in [0.25, 0.3) is 106 Å². The van der Waals surface area contributed by atoms with Crippen LogP contribution in [0.2, 0.25) is 0 Å². The lowest BCUT2D eigenvalue weighted by atomic mass is 10.00. The molecule has 0 radical (unpaired) electrons. The quantitative estimate of drug-likeness (QED) is 0.171. The Morgan fingerprint density at radius 3 is 1.89 bits per heavy atom. The minimum absolute atomic E-state index is 0.00564. The van der Waals surface area contributed by atoms with Crippen LogP contribution in [0, 0.1) is 0 Å². The second-order valence-electron chi connectivity index (χ2n) is 13.2. The number of hydrogen-bond donors (Lipinski definition) is 0. The lowest BCUT2D eigenvalue weighted by Crippen LogP contribution is -2.00. The summed E-state index contributed by atoms with van der Waals surface area (Å²) in [5, 5.41) is 1.53. The summed E-state index contributed by atoms with van der Waals surface area (Å²) >= 11 is 0. The maximum atomic E-state index is 9.50. The van der Waals surface area contributed by atoms with Gasteiger partial charge in [0.1, 0.15) is 11.2 Å². The smallest absolute Gasteiger partial charge is 0.164 e. The van der Waals surface area contributed by atoms with Gasteiger partial charge in [0.05, 0.1) is 24.7 Å². The molecule has 0 bridgehead atoms. The van der Waals surface area contributed by atoms with Gasteiger partial charge in [-0.25, -0.2) is 15.0 Å². The molecule has 0 aliphatic heterocycles. The van der Waals surface area contributed by atoms with E-state index in [1.165, 1.54) is 16.7 Å². The van der Waals surface area contributed by atoms with Crippen LogP contribution >= 0.6 is 0 Å². The summed E-state index contributed by atoms with van der Waals surface area (Å²) in [6, 6.07) is 36.9. The largest absolute Gasteiger partial charge is 0.456 e. The monoisotopic (exact) mass is 726 g/mol. The van der Waals surface area contributed by atoms with Crippen molar-refractivity contribution in [1.29, 1.82) is 0 Å². The lowest BCUT2D eigenvalue weighted by Gasteiger charge is -2.11. The van der Waals surface area contributed by atoms with Crippen LogP contribution in [0.5, 0.6) is 0 Å². The molecule has 5 nitrogen and oxygen atoms in total. The van der Waals surface area contributed by atoms with E-state index in [0.29, 0.717) is 39.9 Å². The Hall–Kier alpha value is -7.63. The van der Waals surface area contributed by atoms with Crippen LogP contribution in [0.3, 0.4) is 0 Å². The summed E-state index contributed by atoms with van der Waals surface area (Å²) in [5.41, 5.74) is 5.25. The minimum Gasteiger partial charge on any atom is -0.456 e. The molecule has 262 valence electrons. The maximum Gasteiger partial charge on any atom is 0.164 e. The minimum atomic E-state index is -0.534. The summed E-state index contributed by atoms with van der Waals surface area (Å²) in [7, 11) is 0. The highest BCUT2D eigenvalue weighted by atomic mass is 16.3. The van der Waals surface area contributed by atoms with Gasteiger partial charge in [-0.1, -0.05) is 145 Å². The first-order valence-corrected chi connectivity index (χ1v) is 18.0. The molecule has 3 aromatic heterocycles. The summed E-state index contributed by atoms with van der Waals surface area (Å²) in [6.45, 7) is 0. The van der Waals surface area contributed by atoms with Gasteiger partial charge in [0, 0.05) is 43.9 Å². The highest BCUT2D eigenvalue weighted by Crippen LogP contribution is 2.40. The summed E-state index contributed by atoms with van der Waals surface area (Å²) in [6.07, 6.45) is 0. The summed E-state index contributed by atoms with van der Waals surface area (Å²) in [5.74, 6) is 1.50. The number of para-hydroxylation sites is 1. The summed E-state index contributed by atoms with van der Waals surface area (Å²) in [4.78, 5) is 14.9. The van der Waals surface area contributed by atoms with Crippen molar-refractivity contribution in [2.24, 2.45) is 0 Å². The van der Waals surface area contributed by atoms with Crippen molar-refractivity contribution in [1.82, 2.24) is 19.5 Å². The second kappa shape index (κ2) is 13.0. The van der Waals surface area contributed by atoms with Crippen LogP contribution in [-0.2, 0) is 0 Å². The first kappa shape index (κ1) is 23.2. The van der Waals surface area contributed by atoms with E-state index >= 15 is 0 Å². The van der Waals surface area contributed by atoms with E-state index in [1.54, 1.807) is 12.1 Å². The number of hydrogen-bond acceptors (Lipinski definition) is 4. The third-order valence-corrected chi connectivity index (χ3v) is 9.88. The molecule has 0 unspecified atom stereocenters. The van der Waals surface area contributed by atoms with Crippen molar-refractivity contribution in [3.8, 4) is 62.1 Å². The van der Waals surface area contributed by atoms with E-state index in [1.807, 2.05) is 109 Å². The molecule has 0 saturated heterocycles. The maximum absolute atomic E-state index is 9.50. The van der Waals surface area contributed by atoms with Crippen molar-refractivity contribution in [3.63, 3.8) is 0 Å². The van der Waals surface area contributed by atoms with Gasteiger partial charge < -0.3 is 8.98 Å². The Bertz CT molecular complexity index is 3750. The molecule has 0 aliphatic rings. The zero-order valence-corrected chi connectivity index (χ0v) is 29.4. The SMILES string of the molecule is [2H]c1cc([2H])c(-c2c([2H])c([2H])c3c(c2[2H])c2c([2H])c([2H])c([2H])c([2H])c2n3-c2cccc(-c3ccc4oc5cccc(-c6nc(-c7ccccc7)nc(-c7ccccc7)n6)c5c4c3)c2)c([2H])c1. The van der Waals surface area contributed by atoms with Gasteiger partial charge in [-0.3, -0.25) is 0 Å². The number of benzene rings is 8. The molecule has 0 saturated carbocycles. The van der Waals surface area contributed by atoms with Crippen LogP contribution in [-0.4, -0.2) is 19.5 Å². The Morgan fingerprint density at radius 1 is 0.429 bits per heavy atom. The number of furan rings is 1. The van der Waals surface area contributed by atoms with Gasteiger partial charge in [0.15, 0.2) is 17.5 Å². The average molecular weight is 727 g/mol. The van der Waals surface area contributed by atoms with Gasteiger partial charge in [0.25, 0.3) is 0 Å². The summed E-state index contributed by atoms with van der Waals surface area (Å²) < 4.78 is 96.8. The van der Waals surface area contributed by atoms with Gasteiger partial charge in [0.2, 0.25) is 0 Å². The molecular weight excluding hydrogens is 685 g/mol. The fourth-order valence-electron chi connectivity index (χ4n) is 7.30. The molecule has 0 atom stereocenters. The van der Waals surface area contributed by atoms with Gasteiger partial charge >= 0.3 is 0 Å². The first-order valence-electron chi connectivity index (χ1n) is 23.0. The van der Waals surface area contributed by atoms with E-state index in [4.69, 9.17) is 29.0 Å². The molecule has 0 N–H and O–H groups in total. The van der Waals surface area contributed by atoms with Crippen LogP contribution in [0.4, 0.5) is 0 Å². The Balaban J connectivity index is 1.12. The van der Waals surface area contributed by atoms with Crippen molar-refractivity contribution in [3.05, 3.63) is 194 Å². The zero-order chi connectivity index (χ0) is 45.7. The van der Waals surface area contributed by atoms with Crippen LogP contribution < -0.4 is 0 Å². The first-order chi connectivity index (χ1) is 31.9. The standard InChI is InChI=1S/C51H32N4O/c1-4-14-33(15-5-1)37-26-28-45-42(31-37)40-22-10-11-24-44(40)55(45)39-21-12-20-36(30-39)38-27-29-46-43(32-38)48-41(23-13-25-47(48)56-46)51-53-49(34-16-6-2-7-17-34)52-50(54-51)35-18-8-3-9-19-35/h1-32H/i1D,10D,11D,14D,15D,22D,24D,26D,28D,31D. The number of nitrogens with zero attached hydrogens (tertiary/aromatic N) is 4. The third kappa shape index (κ3) is 5.37. The van der Waals surface area contributed by atoms with E-state index in [9.17, 15) is 4.11 Å². The van der Waals surface area contributed by atoms with Crippen molar-refractivity contribution < 1.29 is 18.1 Å². The normalized spacial score (nSPS) is 14.1. The highest BCUT2D eigenvalue weighted by Gasteiger charge is 2.19. The predicted molar refractivity (Wildman–Crippen MR) is 229 cm³/mol. The molecule has 0 amide bonds. The number of aromatic nitrogens is 4. The van der Waals surface area contributed by atoms with E-state index in [-0.39, 0.29) is 57.1 Å². The molecule has 5 heteroatoms. The molecule has 0 aliphatic carbocycles. The Labute approximate surface area is 336 Å². The van der Waals surface area contributed by atoms with Gasteiger partial charge in [-0.15, -0.1) is 0 Å². The molecule has 11 rings (SSSR count). The van der Waals surface area contributed by atoms with Crippen molar-refractivity contribution in [2.75, 3.05) is 0 Å². The van der Waals surface area contributed by atoms with E-state index in [0.717, 1.165) is 33.0 Å². The predicted octanol–water partition coefficient (Wildman–Crippen LogP) is 13.2. The van der Waals surface area contributed by atoms with Crippen LogP contribution in [0.1, 0.15) is 13.7 Å². The second-order valence-corrected chi connectivity index (χ2v) is 13.2. The fraction of sp³-hybridized carbons (Fsp3) is 0. The average Bonchev–Trinajstić information content (AvgIpc) is 3.90. The topological polar surface area (TPSA) is 56.7 Å². The van der Waals surface area contributed by atoms with Gasteiger partial charge in [-0.05, 0) is 70.7 Å².